The van der Waals surface area contributed by atoms with Gasteiger partial charge in [0, 0.05) is 29.3 Å². The molecule has 0 fully saturated rings. The van der Waals surface area contributed by atoms with Crippen molar-refractivity contribution < 1.29 is 4.74 Å². The minimum absolute atomic E-state index is 0.148. The largest absolute Gasteiger partial charge is 0.464 e. The summed E-state index contributed by atoms with van der Waals surface area (Å²) < 4.78 is 6.15. The lowest BCUT2D eigenvalue weighted by Crippen LogP contribution is -2.54. The molecular formula is C31H29N3O. The SMILES string of the molecule is C1=CC(C2C=CC3C=CC4=C(CCC=C4)C3N2)NC(c2ccc3c(c2)NC(c2ccccc2)O3)=C1. The van der Waals surface area contributed by atoms with Crippen molar-refractivity contribution in [2.45, 2.75) is 37.2 Å². The number of ether oxygens (including phenoxy) is 1. The molecule has 5 atom stereocenters. The van der Waals surface area contributed by atoms with Gasteiger partial charge in [-0.25, -0.2) is 0 Å². The van der Waals surface area contributed by atoms with Crippen LogP contribution >= 0.6 is 0 Å². The molecular weight excluding hydrogens is 430 g/mol. The standard InChI is InChI=1S/C31H29N3O/c1-2-8-22(9-3-1)31-34-28-19-23(16-18-29(28)35-31)25-11-6-12-26(32-25)27-17-15-21-14-13-20-7-4-5-10-24(20)30(21)33-27/h1-4,6-9,11-19,21,26-27,30-34H,5,10H2. The molecule has 4 nitrogen and oxygen atoms in total. The number of anilines is 1. The second kappa shape index (κ2) is 8.47. The molecule has 3 heterocycles. The quantitative estimate of drug-likeness (QED) is 0.509. The van der Waals surface area contributed by atoms with Gasteiger partial charge in [0.05, 0.1) is 11.7 Å². The molecule has 0 aromatic heterocycles. The number of fused-ring (bicyclic) bond motifs is 3. The third kappa shape index (κ3) is 3.75. The highest BCUT2D eigenvalue weighted by molar-refractivity contribution is 5.74. The normalized spacial score (nSPS) is 29.9. The molecule has 0 spiro atoms. The van der Waals surface area contributed by atoms with Crippen molar-refractivity contribution >= 4 is 11.4 Å². The van der Waals surface area contributed by atoms with E-state index in [4.69, 9.17) is 4.74 Å². The van der Waals surface area contributed by atoms with Crippen LogP contribution in [0.3, 0.4) is 0 Å². The Labute approximate surface area is 206 Å². The Balaban J connectivity index is 1.08. The van der Waals surface area contributed by atoms with Crippen molar-refractivity contribution in [3.63, 3.8) is 0 Å². The first-order valence-electron chi connectivity index (χ1n) is 12.6. The Hall–Kier alpha value is -3.76. The molecule has 2 aromatic rings. The van der Waals surface area contributed by atoms with Crippen LogP contribution in [0.25, 0.3) is 5.70 Å². The van der Waals surface area contributed by atoms with Crippen molar-refractivity contribution in [2.24, 2.45) is 5.92 Å². The van der Waals surface area contributed by atoms with Gasteiger partial charge in [-0.1, -0.05) is 78.9 Å². The van der Waals surface area contributed by atoms with Gasteiger partial charge >= 0.3 is 0 Å². The van der Waals surface area contributed by atoms with Crippen LogP contribution in [0.15, 0.2) is 114 Å². The summed E-state index contributed by atoms with van der Waals surface area (Å²) in [6.45, 7) is 0. The van der Waals surface area contributed by atoms with Gasteiger partial charge < -0.3 is 20.7 Å². The summed E-state index contributed by atoms with van der Waals surface area (Å²) in [5, 5.41) is 11.3. The topological polar surface area (TPSA) is 45.3 Å². The highest BCUT2D eigenvalue weighted by Crippen LogP contribution is 2.40. The van der Waals surface area contributed by atoms with Gasteiger partial charge in [-0.2, -0.15) is 0 Å². The summed E-state index contributed by atoms with van der Waals surface area (Å²) in [6.07, 6.45) is 22.7. The van der Waals surface area contributed by atoms with E-state index in [2.05, 4.69) is 101 Å². The first kappa shape index (κ1) is 20.6. The second-order valence-corrected chi connectivity index (χ2v) is 9.81. The molecule has 2 aromatic carbocycles. The second-order valence-electron chi connectivity index (χ2n) is 9.81. The van der Waals surface area contributed by atoms with E-state index in [1.54, 1.807) is 5.57 Å². The van der Waals surface area contributed by atoms with Crippen LogP contribution in [0.2, 0.25) is 0 Å². The fraction of sp³-hybridized carbons (Fsp3) is 0.226. The summed E-state index contributed by atoms with van der Waals surface area (Å²) in [7, 11) is 0. The van der Waals surface area contributed by atoms with Gasteiger partial charge in [-0.3, -0.25) is 0 Å². The van der Waals surface area contributed by atoms with Crippen LogP contribution < -0.4 is 20.7 Å². The summed E-state index contributed by atoms with van der Waals surface area (Å²) in [5.74, 6) is 1.34. The monoisotopic (exact) mass is 459 g/mol. The maximum Gasteiger partial charge on any atom is 0.196 e. The minimum Gasteiger partial charge on any atom is -0.464 e. The van der Waals surface area contributed by atoms with Crippen LogP contribution in [0.4, 0.5) is 5.69 Å². The van der Waals surface area contributed by atoms with Crippen LogP contribution in [-0.2, 0) is 0 Å². The third-order valence-electron chi connectivity index (χ3n) is 7.63. The third-order valence-corrected chi connectivity index (χ3v) is 7.63. The van der Waals surface area contributed by atoms with Crippen molar-refractivity contribution in [2.75, 3.05) is 5.32 Å². The first-order valence-corrected chi connectivity index (χ1v) is 12.6. The Kier molecular flexibility index (Phi) is 4.99. The van der Waals surface area contributed by atoms with Crippen LogP contribution in [0.5, 0.6) is 5.75 Å². The molecule has 0 amide bonds. The zero-order valence-electron chi connectivity index (χ0n) is 19.5. The van der Waals surface area contributed by atoms with E-state index in [0.717, 1.165) is 41.1 Å². The lowest BCUT2D eigenvalue weighted by molar-refractivity contribution is 0.260. The first-order chi connectivity index (χ1) is 17.3. The predicted molar refractivity (Wildman–Crippen MR) is 142 cm³/mol. The number of rotatable bonds is 3. The molecule has 35 heavy (non-hydrogen) atoms. The van der Waals surface area contributed by atoms with Gasteiger partial charge in [0.2, 0.25) is 0 Å². The number of nitrogens with one attached hydrogen (secondary N) is 3. The molecule has 4 heteroatoms. The van der Waals surface area contributed by atoms with E-state index in [0.29, 0.717) is 12.0 Å². The molecule has 174 valence electrons. The summed E-state index contributed by atoms with van der Waals surface area (Å²) in [6, 6.07) is 17.5. The Morgan fingerprint density at radius 3 is 2.74 bits per heavy atom. The van der Waals surface area contributed by atoms with Gasteiger partial charge in [-0.05, 0) is 53.8 Å². The van der Waals surface area contributed by atoms with Crippen molar-refractivity contribution in [1.29, 1.82) is 0 Å². The average molecular weight is 460 g/mol. The number of allylic oxidation sites excluding steroid dienone is 6. The fourth-order valence-electron chi connectivity index (χ4n) is 5.80. The van der Waals surface area contributed by atoms with Crippen LogP contribution in [-0.4, -0.2) is 18.1 Å². The van der Waals surface area contributed by atoms with E-state index < -0.39 is 0 Å². The van der Waals surface area contributed by atoms with E-state index in [1.165, 1.54) is 5.57 Å². The molecule has 5 aliphatic rings. The molecule has 0 bridgehead atoms. The Morgan fingerprint density at radius 2 is 1.80 bits per heavy atom. The zero-order chi connectivity index (χ0) is 23.2. The molecule has 0 saturated heterocycles. The highest BCUT2D eigenvalue weighted by Gasteiger charge is 2.34. The number of benzene rings is 2. The Bertz CT molecular complexity index is 1330. The molecule has 2 aliphatic carbocycles. The minimum atomic E-state index is -0.148. The molecule has 3 N–H and O–H groups in total. The molecule has 3 aliphatic heterocycles. The molecule has 5 unspecified atom stereocenters. The van der Waals surface area contributed by atoms with E-state index in [9.17, 15) is 0 Å². The zero-order valence-corrected chi connectivity index (χ0v) is 19.5. The van der Waals surface area contributed by atoms with E-state index >= 15 is 0 Å². The summed E-state index contributed by atoms with van der Waals surface area (Å²) >= 11 is 0. The van der Waals surface area contributed by atoms with E-state index in [-0.39, 0.29) is 18.3 Å². The summed E-state index contributed by atoms with van der Waals surface area (Å²) in [5.41, 5.74) is 7.40. The highest BCUT2D eigenvalue weighted by atomic mass is 16.5. The number of dihydropyridines is 1. The maximum atomic E-state index is 6.15. The number of hydrogen-bond donors (Lipinski definition) is 3. The lowest BCUT2D eigenvalue weighted by atomic mass is 9.77. The van der Waals surface area contributed by atoms with Crippen LogP contribution in [0.1, 0.15) is 30.2 Å². The average Bonchev–Trinajstić information content (AvgIpc) is 3.37. The van der Waals surface area contributed by atoms with Gasteiger partial charge in [-0.15, -0.1) is 0 Å². The Morgan fingerprint density at radius 1 is 0.857 bits per heavy atom. The van der Waals surface area contributed by atoms with Gasteiger partial charge in [0.15, 0.2) is 6.23 Å². The molecule has 7 rings (SSSR count). The molecule has 0 radical (unpaired) electrons. The van der Waals surface area contributed by atoms with Crippen molar-refractivity contribution in [3.8, 4) is 5.75 Å². The van der Waals surface area contributed by atoms with E-state index in [1.807, 2.05) is 18.2 Å². The fourth-order valence-corrected chi connectivity index (χ4v) is 5.80. The lowest BCUT2D eigenvalue weighted by Gasteiger charge is -2.40. The van der Waals surface area contributed by atoms with Crippen molar-refractivity contribution in [3.05, 3.63) is 125 Å². The van der Waals surface area contributed by atoms with Gasteiger partial charge in [0.1, 0.15) is 5.75 Å². The smallest absolute Gasteiger partial charge is 0.196 e. The van der Waals surface area contributed by atoms with Crippen molar-refractivity contribution in [1.82, 2.24) is 10.6 Å². The predicted octanol–water partition coefficient (Wildman–Crippen LogP) is 5.79. The van der Waals surface area contributed by atoms with Gasteiger partial charge in [0.25, 0.3) is 0 Å². The maximum absolute atomic E-state index is 6.15. The molecule has 0 saturated carbocycles. The summed E-state index contributed by atoms with van der Waals surface area (Å²) in [4.78, 5) is 0. The number of hydrogen-bond acceptors (Lipinski definition) is 4. The van der Waals surface area contributed by atoms with Crippen LogP contribution in [0, 0.1) is 5.92 Å².